The minimum Gasteiger partial charge on any atom is -0.484 e. The first kappa shape index (κ1) is 26.8. The lowest BCUT2D eigenvalue weighted by Crippen LogP contribution is -2.55. The molecule has 0 aliphatic rings. The first-order chi connectivity index (χ1) is 16.6. The van der Waals surface area contributed by atoms with Crippen molar-refractivity contribution in [1.82, 2.24) is 10.2 Å². The van der Waals surface area contributed by atoms with E-state index in [0.717, 1.165) is 15.6 Å². The van der Waals surface area contributed by atoms with Crippen molar-refractivity contribution < 1.29 is 14.3 Å². The van der Waals surface area contributed by atoms with Crippen LogP contribution in [0.3, 0.4) is 0 Å². The van der Waals surface area contributed by atoms with Gasteiger partial charge >= 0.3 is 0 Å². The number of nitrogens with zero attached hydrogens (tertiary/aromatic N) is 1. The molecule has 0 heterocycles. The molecule has 184 valence electrons. The number of ether oxygens (including phenoxy) is 1. The molecule has 3 aromatic rings. The monoisotopic (exact) mass is 556 g/mol. The second-order valence-corrected chi connectivity index (χ2v) is 10.7. The van der Waals surface area contributed by atoms with Crippen LogP contribution in [0.15, 0.2) is 83.3 Å². The second-order valence-electron chi connectivity index (χ2n) is 9.34. The number of halogens is 2. The van der Waals surface area contributed by atoms with Crippen LogP contribution in [0.2, 0.25) is 5.02 Å². The standard InChI is InChI=1S/C28H30BrClN2O3/c1-28(2,3)31-27(34)25(17-20-8-5-4-6-9-20)32(18-21-10-7-11-23(30)16-21)26(33)19-35-24-14-12-22(29)13-15-24/h4-16,25H,17-19H2,1-3H3,(H,31,34)/t25-/m0/s1. The Bertz CT molecular complexity index is 1130. The van der Waals surface area contributed by atoms with E-state index in [1.807, 2.05) is 75.4 Å². The molecule has 7 heteroatoms. The summed E-state index contributed by atoms with van der Waals surface area (Å²) >= 11 is 9.61. The summed E-state index contributed by atoms with van der Waals surface area (Å²) in [5.41, 5.74) is 1.33. The molecule has 0 unspecified atom stereocenters. The van der Waals surface area contributed by atoms with Crippen molar-refractivity contribution in [2.45, 2.75) is 45.3 Å². The largest absolute Gasteiger partial charge is 0.484 e. The molecule has 0 radical (unpaired) electrons. The number of hydrogen-bond acceptors (Lipinski definition) is 3. The van der Waals surface area contributed by atoms with E-state index in [-0.39, 0.29) is 25.0 Å². The summed E-state index contributed by atoms with van der Waals surface area (Å²) in [4.78, 5) is 28.6. The van der Waals surface area contributed by atoms with Crippen LogP contribution in [0.25, 0.3) is 0 Å². The molecule has 0 saturated heterocycles. The highest BCUT2D eigenvalue weighted by molar-refractivity contribution is 9.10. The van der Waals surface area contributed by atoms with E-state index in [9.17, 15) is 9.59 Å². The molecule has 0 aliphatic heterocycles. The fraction of sp³-hybridized carbons (Fsp3) is 0.286. The van der Waals surface area contributed by atoms with Crippen molar-refractivity contribution in [3.63, 3.8) is 0 Å². The van der Waals surface area contributed by atoms with Crippen LogP contribution in [-0.4, -0.2) is 34.9 Å². The predicted octanol–water partition coefficient (Wildman–Crippen LogP) is 6.04. The molecule has 1 atom stereocenters. The Morgan fingerprint density at radius 1 is 0.971 bits per heavy atom. The highest BCUT2D eigenvalue weighted by atomic mass is 79.9. The fourth-order valence-electron chi connectivity index (χ4n) is 3.60. The molecule has 0 bridgehead atoms. The van der Waals surface area contributed by atoms with Crippen LogP contribution in [0.5, 0.6) is 5.75 Å². The molecular weight excluding hydrogens is 528 g/mol. The fourth-order valence-corrected chi connectivity index (χ4v) is 4.07. The quantitative estimate of drug-likeness (QED) is 0.349. The number of amides is 2. The van der Waals surface area contributed by atoms with Crippen LogP contribution in [0.1, 0.15) is 31.9 Å². The SMILES string of the molecule is CC(C)(C)NC(=O)[C@H](Cc1ccccc1)N(Cc1cccc(Cl)c1)C(=O)COc1ccc(Br)cc1. The van der Waals surface area contributed by atoms with E-state index in [1.54, 1.807) is 29.2 Å². The summed E-state index contributed by atoms with van der Waals surface area (Å²) in [5, 5.41) is 3.62. The van der Waals surface area contributed by atoms with E-state index < -0.39 is 11.6 Å². The summed E-state index contributed by atoms with van der Waals surface area (Å²) in [5.74, 6) is 0.0567. The van der Waals surface area contributed by atoms with Crippen molar-refractivity contribution in [2.24, 2.45) is 0 Å². The van der Waals surface area contributed by atoms with Crippen LogP contribution in [0.4, 0.5) is 0 Å². The van der Waals surface area contributed by atoms with Crippen molar-refractivity contribution >= 4 is 39.3 Å². The van der Waals surface area contributed by atoms with Crippen molar-refractivity contribution in [1.29, 1.82) is 0 Å². The molecule has 35 heavy (non-hydrogen) atoms. The summed E-state index contributed by atoms with van der Waals surface area (Å²) < 4.78 is 6.69. The van der Waals surface area contributed by atoms with E-state index in [4.69, 9.17) is 16.3 Å². The summed E-state index contributed by atoms with van der Waals surface area (Å²) in [7, 11) is 0. The first-order valence-corrected chi connectivity index (χ1v) is 12.6. The van der Waals surface area contributed by atoms with Crippen LogP contribution in [0, 0.1) is 0 Å². The second kappa shape index (κ2) is 12.2. The summed E-state index contributed by atoms with van der Waals surface area (Å²) in [6.45, 7) is 5.78. The minimum atomic E-state index is -0.739. The van der Waals surface area contributed by atoms with Crippen LogP contribution < -0.4 is 10.1 Å². The van der Waals surface area contributed by atoms with Gasteiger partial charge in [0.25, 0.3) is 5.91 Å². The molecule has 0 aromatic heterocycles. The van der Waals surface area contributed by atoms with Gasteiger partial charge in [0.05, 0.1) is 0 Å². The molecule has 3 rings (SSSR count). The van der Waals surface area contributed by atoms with E-state index in [2.05, 4.69) is 21.2 Å². The minimum absolute atomic E-state index is 0.198. The Morgan fingerprint density at radius 3 is 2.26 bits per heavy atom. The van der Waals surface area contributed by atoms with Gasteiger partial charge in [0.2, 0.25) is 5.91 Å². The molecule has 0 aliphatic carbocycles. The molecule has 2 amide bonds. The lowest BCUT2D eigenvalue weighted by Gasteiger charge is -2.33. The zero-order valence-electron chi connectivity index (χ0n) is 20.1. The molecule has 1 N–H and O–H groups in total. The molecule has 0 fully saturated rings. The normalized spacial score (nSPS) is 12.0. The van der Waals surface area contributed by atoms with Crippen molar-refractivity contribution in [3.05, 3.63) is 99.5 Å². The number of hydrogen-bond donors (Lipinski definition) is 1. The van der Waals surface area contributed by atoms with Gasteiger partial charge < -0.3 is 15.0 Å². The third kappa shape index (κ3) is 8.71. The van der Waals surface area contributed by atoms with Gasteiger partial charge in [0, 0.05) is 28.0 Å². The maximum absolute atomic E-state index is 13.6. The number of carbonyl (C=O) groups is 2. The van der Waals surface area contributed by atoms with Crippen LogP contribution in [-0.2, 0) is 22.6 Å². The number of nitrogens with one attached hydrogen (secondary N) is 1. The van der Waals surface area contributed by atoms with E-state index in [1.165, 1.54) is 0 Å². The Kier molecular flexibility index (Phi) is 9.35. The summed E-state index contributed by atoms with van der Waals surface area (Å²) in [6.07, 6.45) is 0.368. The topological polar surface area (TPSA) is 58.6 Å². The third-order valence-corrected chi connectivity index (χ3v) is 5.95. The average Bonchev–Trinajstić information content (AvgIpc) is 2.80. The lowest BCUT2D eigenvalue weighted by atomic mass is 10.0. The maximum atomic E-state index is 13.6. The number of benzene rings is 3. The molecule has 0 saturated carbocycles. The lowest BCUT2D eigenvalue weighted by molar-refractivity contribution is -0.143. The van der Waals surface area contributed by atoms with Gasteiger partial charge in [0.1, 0.15) is 11.8 Å². The zero-order chi connectivity index (χ0) is 25.4. The van der Waals surface area contributed by atoms with Crippen molar-refractivity contribution in [2.75, 3.05) is 6.61 Å². The Hall–Kier alpha value is -2.83. The molecule has 3 aromatic carbocycles. The maximum Gasteiger partial charge on any atom is 0.261 e. The van der Waals surface area contributed by atoms with E-state index >= 15 is 0 Å². The van der Waals surface area contributed by atoms with Gasteiger partial charge in [-0.3, -0.25) is 9.59 Å². The number of carbonyl (C=O) groups excluding carboxylic acids is 2. The smallest absolute Gasteiger partial charge is 0.261 e. The number of rotatable bonds is 9. The first-order valence-electron chi connectivity index (χ1n) is 11.4. The van der Waals surface area contributed by atoms with Gasteiger partial charge in [-0.1, -0.05) is 70.0 Å². The highest BCUT2D eigenvalue weighted by Crippen LogP contribution is 2.20. The van der Waals surface area contributed by atoms with Crippen LogP contribution >= 0.6 is 27.5 Å². The van der Waals surface area contributed by atoms with Gasteiger partial charge in [-0.2, -0.15) is 0 Å². The molecular formula is C28H30BrClN2O3. The van der Waals surface area contributed by atoms with Gasteiger partial charge in [-0.05, 0) is 68.3 Å². The summed E-state index contributed by atoms with van der Waals surface area (Å²) in [6, 6.07) is 23.5. The highest BCUT2D eigenvalue weighted by Gasteiger charge is 2.32. The predicted molar refractivity (Wildman–Crippen MR) is 143 cm³/mol. The van der Waals surface area contributed by atoms with Gasteiger partial charge in [0.15, 0.2) is 6.61 Å². The zero-order valence-corrected chi connectivity index (χ0v) is 22.5. The Morgan fingerprint density at radius 2 is 1.63 bits per heavy atom. The Balaban J connectivity index is 1.92. The third-order valence-electron chi connectivity index (χ3n) is 5.19. The van der Waals surface area contributed by atoms with Gasteiger partial charge in [-0.15, -0.1) is 0 Å². The van der Waals surface area contributed by atoms with Gasteiger partial charge in [-0.25, -0.2) is 0 Å². The average molecular weight is 558 g/mol. The van der Waals surface area contributed by atoms with E-state index in [0.29, 0.717) is 17.2 Å². The Labute approximate surface area is 220 Å². The van der Waals surface area contributed by atoms with Crippen molar-refractivity contribution in [3.8, 4) is 5.75 Å². The molecule has 0 spiro atoms. The molecule has 5 nitrogen and oxygen atoms in total.